The number of hydrogen-bond acceptors (Lipinski definition) is 3. The summed E-state index contributed by atoms with van der Waals surface area (Å²) in [4.78, 5) is 18.5. The van der Waals surface area contributed by atoms with Gasteiger partial charge in [-0.25, -0.2) is 4.98 Å². The summed E-state index contributed by atoms with van der Waals surface area (Å²) in [5.41, 5.74) is 1.15. The Balaban J connectivity index is 2.71. The number of halogens is 1. The molecule has 78 valence electrons. The first kappa shape index (κ1) is 9.98. The van der Waals surface area contributed by atoms with Crippen molar-refractivity contribution in [3.05, 3.63) is 24.0 Å². The summed E-state index contributed by atoms with van der Waals surface area (Å²) < 4.78 is 5.17. The number of aromatic amines is 1. The summed E-state index contributed by atoms with van der Waals surface area (Å²) >= 11 is 5.51. The van der Waals surface area contributed by atoms with Gasteiger partial charge in [-0.2, -0.15) is 0 Å². The van der Waals surface area contributed by atoms with Gasteiger partial charge in [0.05, 0.1) is 18.4 Å². The molecule has 4 nitrogen and oxygen atoms in total. The predicted octanol–water partition coefficient (Wildman–Crippen LogP) is 1.99. The minimum absolute atomic E-state index is 0.0506. The van der Waals surface area contributed by atoms with Gasteiger partial charge in [0.2, 0.25) is 0 Å². The normalized spacial score (nSPS) is 10.5. The molecular weight excluding hydrogens is 216 g/mol. The SMILES string of the molecule is COc1ccnc2[nH]cc(C(=O)CCl)c12. The maximum Gasteiger partial charge on any atom is 0.179 e. The van der Waals surface area contributed by atoms with Crippen LogP contribution in [0.4, 0.5) is 0 Å². The summed E-state index contributed by atoms with van der Waals surface area (Å²) in [6.45, 7) is 0. The molecule has 2 aromatic rings. The van der Waals surface area contributed by atoms with Gasteiger partial charge in [0.1, 0.15) is 11.4 Å². The van der Waals surface area contributed by atoms with Crippen LogP contribution in [0.3, 0.4) is 0 Å². The van der Waals surface area contributed by atoms with E-state index < -0.39 is 0 Å². The summed E-state index contributed by atoms with van der Waals surface area (Å²) in [5.74, 6) is 0.425. The molecule has 2 aromatic heterocycles. The van der Waals surface area contributed by atoms with Crippen molar-refractivity contribution < 1.29 is 9.53 Å². The standard InChI is InChI=1S/C10H9ClN2O2/c1-15-8-2-3-12-10-9(8)6(5-13-10)7(14)4-11/h2-3,5H,4H2,1H3,(H,12,13). The fraction of sp³-hybridized carbons (Fsp3) is 0.200. The molecule has 0 amide bonds. The van der Waals surface area contributed by atoms with Crippen LogP contribution in [0.15, 0.2) is 18.5 Å². The number of ketones is 1. The van der Waals surface area contributed by atoms with Gasteiger partial charge in [-0.15, -0.1) is 11.6 Å². The molecule has 0 bridgehead atoms. The third kappa shape index (κ3) is 1.57. The third-order valence-corrected chi connectivity index (χ3v) is 2.42. The molecule has 0 fully saturated rings. The van der Waals surface area contributed by atoms with Crippen molar-refractivity contribution in [3.63, 3.8) is 0 Å². The van der Waals surface area contributed by atoms with Gasteiger partial charge in [0, 0.05) is 18.0 Å². The lowest BCUT2D eigenvalue weighted by atomic mass is 10.1. The topological polar surface area (TPSA) is 55.0 Å². The second kappa shape index (κ2) is 3.90. The Bertz CT molecular complexity index is 507. The maximum atomic E-state index is 11.5. The van der Waals surface area contributed by atoms with E-state index in [0.29, 0.717) is 22.3 Å². The first-order valence-corrected chi connectivity index (χ1v) is 4.90. The number of Topliss-reactive ketones (excluding diaryl/α,β-unsaturated/α-hetero) is 1. The van der Waals surface area contributed by atoms with Crippen molar-refractivity contribution in [1.29, 1.82) is 0 Å². The minimum Gasteiger partial charge on any atom is -0.496 e. The number of hydrogen-bond donors (Lipinski definition) is 1. The highest BCUT2D eigenvalue weighted by molar-refractivity contribution is 6.32. The van der Waals surface area contributed by atoms with Gasteiger partial charge < -0.3 is 9.72 Å². The average Bonchev–Trinajstić information content (AvgIpc) is 2.71. The predicted molar refractivity (Wildman–Crippen MR) is 57.7 cm³/mol. The number of pyridine rings is 1. The fourth-order valence-electron chi connectivity index (χ4n) is 1.49. The van der Waals surface area contributed by atoms with Crippen LogP contribution < -0.4 is 4.74 Å². The van der Waals surface area contributed by atoms with Crippen molar-refractivity contribution in [2.75, 3.05) is 13.0 Å². The van der Waals surface area contributed by atoms with E-state index in [0.717, 1.165) is 0 Å². The highest BCUT2D eigenvalue weighted by atomic mass is 35.5. The number of nitrogens with zero attached hydrogens (tertiary/aromatic N) is 1. The Labute approximate surface area is 91.2 Å². The van der Waals surface area contributed by atoms with E-state index in [9.17, 15) is 4.79 Å². The van der Waals surface area contributed by atoms with E-state index in [1.54, 1.807) is 25.6 Å². The van der Waals surface area contributed by atoms with Gasteiger partial charge in [-0.05, 0) is 6.07 Å². The van der Waals surface area contributed by atoms with E-state index >= 15 is 0 Å². The Hall–Kier alpha value is -1.55. The number of carbonyl (C=O) groups excluding carboxylic acids is 1. The molecule has 2 heterocycles. The summed E-state index contributed by atoms with van der Waals surface area (Å²) in [5, 5.41) is 0.686. The van der Waals surface area contributed by atoms with Crippen LogP contribution in [0, 0.1) is 0 Å². The van der Waals surface area contributed by atoms with Crippen LogP contribution in [0.25, 0.3) is 11.0 Å². The molecule has 0 radical (unpaired) electrons. The zero-order chi connectivity index (χ0) is 10.8. The molecule has 0 aliphatic heterocycles. The molecule has 1 N–H and O–H groups in total. The minimum atomic E-state index is -0.144. The summed E-state index contributed by atoms with van der Waals surface area (Å²) in [6, 6.07) is 1.71. The van der Waals surface area contributed by atoms with E-state index in [-0.39, 0.29) is 11.7 Å². The summed E-state index contributed by atoms with van der Waals surface area (Å²) in [6.07, 6.45) is 3.22. The Morgan fingerprint density at radius 3 is 3.13 bits per heavy atom. The molecule has 0 saturated carbocycles. The lowest BCUT2D eigenvalue weighted by molar-refractivity contribution is 0.102. The van der Waals surface area contributed by atoms with E-state index in [1.165, 1.54) is 0 Å². The van der Waals surface area contributed by atoms with E-state index in [2.05, 4.69) is 9.97 Å². The van der Waals surface area contributed by atoms with Crippen LogP contribution in [-0.4, -0.2) is 28.7 Å². The first-order chi connectivity index (χ1) is 7.27. The molecular formula is C10H9ClN2O2. The zero-order valence-corrected chi connectivity index (χ0v) is 8.84. The van der Waals surface area contributed by atoms with Crippen molar-refractivity contribution >= 4 is 28.4 Å². The van der Waals surface area contributed by atoms with Crippen LogP contribution in [-0.2, 0) is 0 Å². The molecule has 0 saturated heterocycles. The second-order valence-electron chi connectivity index (χ2n) is 3.00. The number of aromatic nitrogens is 2. The summed E-state index contributed by atoms with van der Waals surface area (Å²) in [7, 11) is 1.55. The van der Waals surface area contributed by atoms with Crippen LogP contribution in [0.2, 0.25) is 0 Å². The fourth-order valence-corrected chi connectivity index (χ4v) is 1.63. The Kier molecular flexibility index (Phi) is 2.60. The first-order valence-electron chi connectivity index (χ1n) is 4.37. The molecule has 2 rings (SSSR count). The highest BCUT2D eigenvalue weighted by Gasteiger charge is 2.15. The number of H-pyrrole nitrogens is 1. The number of nitrogens with one attached hydrogen (secondary N) is 1. The molecule has 5 heteroatoms. The molecule has 0 aliphatic carbocycles. The molecule has 0 spiro atoms. The van der Waals surface area contributed by atoms with E-state index in [1.807, 2.05) is 0 Å². The second-order valence-corrected chi connectivity index (χ2v) is 3.26. The molecule has 15 heavy (non-hydrogen) atoms. The van der Waals surface area contributed by atoms with Gasteiger partial charge >= 0.3 is 0 Å². The average molecular weight is 225 g/mol. The maximum absolute atomic E-state index is 11.5. The zero-order valence-electron chi connectivity index (χ0n) is 8.08. The molecule has 0 atom stereocenters. The number of fused-ring (bicyclic) bond motifs is 1. The number of alkyl halides is 1. The van der Waals surface area contributed by atoms with Crippen LogP contribution >= 0.6 is 11.6 Å². The molecule has 0 aromatic carbocycles. The highest BCUT2D eigenvalue weighted by Crippen LogP contribution is 2.27. The lowest BCUT2D eigenvalue weighted by Crippen LogP contribution is -1.99. The van der Waals surface area contributed by atoms with Gasteiger partial charge in [-0.1, -0.05) is 0 Å². The number of rotatable bonds is 3. The molecule has 0 aliphatic rings. The monoisotopic (exact) mass is 224 g/mol. The van der Waals surface area contributed by atoms with Crippen molar-refractivity contribution in [2.24, 2.45) is 0 Å². The molecule has 0 unspecified atom stereocenters. The number of methoxy groups -OCH3 is 1. The van der Waals surface area contributed by atoms with Gasteiger partial charge in [-0.3, -0.25) is 4.79 Å². The largest absolute Gasteiger partial charge is 0.496 e. The van der Waals surface area contributed by atoms with Crippen LogP contribution in [0.1, 0.15) is 10.4 Å². The number of ether oxygens (including phenoxy) is 1. The lowest BCUT2D eigenvalue weighted by Gasteiger charge is -2.02. The van der Waals surface area contributed by atoms with Gasteiger partial charge in [0.15, 0.2) is 5.78 Å². The van der Waals surface area contributed by atoms with Crippen molar-refractivity contribution in [1.82, 2.24) is 9.97 Å². The van der Waals surface area contributed by atoms with Crippen molar-refractivity contribution in [2.45, 2.75) is 0 Å². The van der Waals surface area contributed by atoms with Crippen molar-refractivity contribution in [3.8, 4) is 5.75 Å². The van der Waals surface area contributed by atoms with Gasteiger partial charge in [0.25, 0.3) is 0 Å². The quantitative estimate of drug-likeness (QED) is 0.641. The third-order valence-electron chi connectivity index (χ3n) is 2.18. The smallest absolute Gasteiger partial charge is 0.179 e. The van der Waals surface area contributed by atoms with E-state index in [4.69, 9.17) is 16.3 Å². The van der Waals surface area contributed by atoms with Crippen LogP contribution in [0.5, 0.6) is 5.75 Å². The Morgan fingerprint density at radius 2 is 2.47 bits per heavy atom. The Morgan fingerprint density at radius 1 is 1.67 bits per heavy atom. The number of carbonyl (C=O) groups is 1.